The first-order valence-corrected chi connectivity index (χ1v) is 26.5. The van der Waals surface area contributed by atoms with E-state index < -0.39 is 16.6 Å². The van der Waals surface area contributed by atoms with Crippen LogP contribution in [-0.4, -0.2) is 43.4 Å². The van der Waals surface area contributed by atoms with Crippen molar-refractivity contribution in [1.29, 1.82) is 0 Å². The Balaban J connectivity index is 1.95. The maximum atomic E-state index is 8.49. The van der Waals surface area contributed by atoms with Crippen molar-refractivity contribution in [3.63, 3.8) is 0 Å². The maximum Gasteiger partial charge on any atom is 0.231 e. The first-order valence-electron chi connectivity index (χ1n) is 18.8. The topological polar surface area (TPSA) is 27.7 Å². The minimum atomic E-state index is -2.85. The summed E-state index contributed by atoms with van der Waals surface area (Å²) in [5.74, 6) is 1.26. The first kappa shape index (κ1) is 39.2. The highest BCUT2D eigenvalue weighted by Gasteiger charge is 2.65. The fourth-order valence-electron chi connectivity index (χ4n) is 8.61. The molecule has 3 unspecified atom stereocenters. The van der Waals surface area contributed by atoms with Gasteiger partial charge in [0, 0.05) is 12.0 Å². The molecule has 0 radical (unpaired) electrons. The number of thioether (sulfide) groups is 1. The Hall–Kier alpha value is -0.546. The molecule has 47 heavy (non-hydrogen) atoms. The van der Waals surface area contributed by atoms with Gasteiger partial charge in [-0.25, -0.2) is 0 Å². The fourth-order valence-corrected chi connectivity index (χ4v) is 19.5. The molecule has 264 valence electrons. The highest BCUT2D eigenvalue weighted by molar-refractivity contribution is 8.01. The molecule has 0 bridgehead atoms. The Bertz CT molecular complexity index is 1180. The Labute approximate surface area is 299 Å². The number of benzene rings is 2. The van der Waals surface area contributed by atoms with Gasteiger partial charge in [0.2, 0.25) is 8.32 Å². The smallest absolute Gasteiger partial charge is 0.231 e. The molecule has 7 heteroatoms. The average molecular weight is 715 g/mol. The molecule has 0 spiro atoms. The lowest BCUT2D eigenvalue weighted by atomic mass is 9.77. The van der Waals surface area contributed by atoms with Gasteiger partial charge in [0.25, 0.3) is 0 Å². The lowest BCUT2D eigenvalue weighted by molar-refractivity contribution is -0.0289. The minimum Gasteiger partial charge on any atom is -0.412 e. The van der Waals surface area contributed by atoms with Gasteiger partial charge < -0.3 is 8.85 Å². The Morgan fingerprint density at radius 2 is 1.21 bits per heavy atom. The van der Waals surface area contributed by atoms with Crippen molar-refractivity contribution < 1.29 is 13.0 Å². The van der Waals surface area contributed by atoms with Gasteiger partial charge in [-0.1, -0.05) is 102 Å². The van der Waals surface area contributed by atoms with Crippen LogP contribution < -0.4 is 0 Å². The standard InChI is InChI=1S/C40H66O3S2Si2/c1-11-30-37(6,42-46(8,9)10)47(31-33-22-18-16-19-23-33,32-34-24-20-17-21-25-34)43-38(12-2,13-3)39(14-4,35-26-27-35)45-41-40(15-5,44-7)36-28-29-36/h16-25,35-36H,11-15,26-32H2,1-10H3. The van der Waals surface area contributed by atoms with E-state index in [1.165, 1.54) is 36.8 Å². The second-order valence-electron chi connectivity index (χ2n) is 15.6. The highest BCUT2D eigenvalue weighted by atomic mass is 32.2. The van der Waals surface area contributed by atoms with Crippen LogP contribution in [0.1, 0.15) is 117 Å². The van der Waals surface area contributed by atoms with E-state index in [1.54, 1.807) is 0 Å². The van der Waals surface area contributed by atoms with Crippen LogP contribution in [0.25, 0.3) is 0 Å². The molecular weight excluding hydrogens is 649 g/mol. The molecule has 2 aromatic rings. The van der Waals surface area contributed by atoms with E-state index in [0.29, 0.717) is 11.8 Å². The molecule has 2 aliphatic carbocycles. The lowest BCUT2D eigenvalue weighted by Crippen LogP contribution is -2.72. The third kappa shape index (κ3) is 8.68. The van der Waals surface area contributed by atoms with E-state index in [9.17, 15) is 0 Å². The Kier molecular flexibility index (Phi) is 13.5. The van der Waals surface area contributed by atoms with Crippen LogP contribution in [0.15, 0.2) is 60.7 Å². The van der Waals surface area contributed by atoms with E-state index in [1.807, 2.05) is 23.8 Å². The summed E-state index contributed by atoms with van der Waals surface area (Å²) in [6, 6.07) is 24.3. The average Bonchev–Trinajstić information content (AvgIpc) is 3.97. The first-order chi connectivity index (χ1) is 22.4. The predicted octanol–water partition coefficient (Wildman–Crippen LogP) is 12.1. The quantitative estimate of drug-likeness (QED) is 0.0688. The highest BCUT2D eigenvalue weighted by Crippen LogP contribution is 2.63. The van der Waals surface area contributed by atoms with Gasteiger partial charge >= 0.3 is 0 Å². The summed E-state index contributed by atoms with van der Waals surface area (Å²) in [4.78, 5) is -0.118. The largest absolute Gasteiger partial charge is 0.412 e. The molecule has 2 aromatic carbocycles. The molecule has 2 aliphatic rings. The van der Waals surface area contributed by atoms with Gasteiger partial charge in [0.15, 0.2) is 8.32 Å². The van der Waals surface area contributed by atoms with Crippen molar-refractivity contribution >= 4 is 40.4 Å². The second kappa shape index (κ2) is 16.2. The summed E-state index contributed by atoms with van der Waals surface area (Å²) >= 11 is 3.80. The van der Waals surface area contributed by atoms with Crippen LogP contribution in [-0.2, 0) is 25.1 Å². The van der Waals surface area contributed by atoms with Crippen molar-refractivity contribution in [2.75, 3.05) is 6.26 Å². The molecule has 0 saturated heterocycles. The van der Waals surface area contributed by atoms with Gasteiger partial charge in [-0.05, 0) is 126 Å². The zero-order valence-corrected chi connectivity index (χ0v) is 35.1. The summed E-state index contributed by atoms with van der Waals surface area (Å²) < 4.78 is 23.2. The summed E-state index contributed by atoms with van der Waals surface area (Å²) in [6.07, 6.45) is 13.5. The minimum absolute atomic E-state index is 0.118. The van der Waals surface area contributed by atoms with E-state index in [2.05, 4.69) is 128 Å². The van der Waals surface area contributed by atoms with Gasteiger partial charge in [-0.3, -0.25) is 4.18 Å². The fraction of sp³-hybridized carbons (Fsp3) is 0.700. The van der Waals surface area contributed by atoms with Crippen molar-refractivity contribution in [2.45, 2.75) is 158 Å². The third-order valence-corrected chi connectivity index (χ3v) is 20.8. The molecule has 0 N–H and O–H groups in total. The molecule has 0 aromatic heterocycles. The van der Waals surface area contributed by atoms with Crippen LogP contribution in [0.4, 0.5) is 0 Å². The summed E-state index contributed by atoms with van der Waals surface area (Å²) in [5.41, 5.74) is 2.40. The SMILES string of the molecule is CCCC(C)(O[Si](C)(C)C)[Si](Cc1ccccc1)(Cc1ccccc1)OC(CC)(CC)C(CC)(SOC(CC)(SC)C1CC1)C1CC1. The molecule has 2 fully saturated rings. The zero-order chi connectivity index (χ0) is 34.4. The molecule has 3 nitrogen and oxygen atoms in total. The molecule has 2 saturated carbocycles. The Morgan fingerprint density at radius 1 is 0.702 bits per heavy atom. The summed E-state index contributed by atoms with van der Waals surface area (Å²) in [7, 11) is -4.81. The van der Waals surface area contributed by atoms with Crippen molar-refractivity contribution in [1.82, 2.24) is 0 Å². The summed E-state index contributed by atoms with van der Waals surface area (Å²) in [5, 5.41) is -0.359. The predicted molar refractivity (Wildman–Crippen MR) is 212 cm³/mol. The van der Waals surface area contributed by atoms with Crippen LogP contribution in [0.2, 0.25) is 19.6 Å². The van der Waals surface area contributed by atoms with Crippen molar-refractivity contribution in [3.05, 3.63) is 71.8 Å². The lowest BCUT2D eigenvalue weighted by Gasteiger charge is -2.58. The van der Waals surface area contributed by atoms with E-state index in [0.717, 1.165) is 50.6 Å². The molecular formula is C40H66O3S2Si2. The van der Waals surface area contributed by atoms with Crippen LogP contribution in [0.3, 0.4) is 0 Å². The second-order valence-corrected chi connectivity index (χ2v) is 26.2. The van der Waals surface area contributed by atoms with Gasteiger partial charge in [0.1, 0.15) is 4.93 Å². The molecule has 4 rings (SSSR count). The van der Waals surface area contributed by atoms with Crippen molar-refractivity contribution in [3.8, 4) is 0 Å². The molecule has 0 amide bonds. The third-order valence-electron chi connectivity index (χ3n) is 11.3. The van der Waals surface area contributed by atoms with Gasteiger partial charge in [-0.2, -0.15) is 0 Å². The molecule has 0 heterocycles. The van der Waals surface area contributed by atoms with Crippen LogP contribution in [0.5, 0.6) is 0 Å². The van der Waals surface area contributed by atoms with Gasteiger partial charge in [-0.15, -0.1) is 11.8 Å². The van der Waals surface area contributed by atoms with E-state index in [4.69, 9.17) is 13.0 Å². The maximum absolute atomic E-state index is 8.49. The summed E-state index contributed by atoms with van der Waals surface area (Å²) in [6.45, 7) is 21.4. The van der Waals surface area contributed by atoms with Crippen molar-refractivity contribution in [2.24, 2.45) is 11.8 Å². The normalized spacial score (nSPS) is 20.0. The number of hydrogen-bond acceptors (Lipinski definition) is 5. The zero-order valence-electron chi connectivity index (χ0n) is 31.5. The van der Waals surface area contributed by atoms with E-state index >= 15 is 0 Å². The van der Waals surface area contributed by atoms with Crippen LogP contribution in [0, 0.1) is 11.8 Å². The van der Waals surface area contributed by atoms with Crippen LogP contribution >= 0.6 is 23.8 Å². The van der Waals surface area contributed by atoms with E-state index in [-0.39, 0.29) is 20.5 Å². The molecule has 0 aliphatic heterocycles. The monoisotopic (exact) mass is 714 g/mol. The van der Waals surface area contributed by atoms with Gasteiger partial charge in [0.05, 0.1) is 15.6 Å². The number of rotatable bonds is 22. The Morgan fingerprint density at radius 3 is 1.57 bits per heavy atom. The molecule has 3 atom stereocenters. The number of hydrogen-bond donors (Lipinski definition) is 0.